The van der Waals surface area contributed by atoms with Crippen LogP contribution in [0.25, 0.3) is 10.9 Å². The molecule has 0 aliphatic heterocycles. The number of carbonyl (C=O) groups excluding carboxylic acids is 1. The highest BCUT2D eigenvalue weighted by molar-refractivity contribution is 6.31. The number of carboxylic acid groups (broad SMARTS) is 1. The summed E-state index contributed by atoms with van der Waals surface area (Å²) >= 11 is 5.81. The Labute approximate surface area is 101 Å². The average molecular weight is 254 g/mol. The zero-order chi connectivity index (χ0) is 12.4. The Morgan fingerprint density at radius 2 is 2.00 bits per heavy atom. The standard InChI is InChI=1S/C10H8ClN3O3/c11-6-1-2-7-5(3-6)4-8(12-7)9(15)13-14-10(16)17/h1-4,12,14H,(H,13,15)(H,16,17). The predicted octanol–water partition coefficient (Wildman–Crippen LogP) is 1.73. The Bertz CT molecular complexity index is 593. The van der Waals surface area contributed by atoms with Crippen LogP contribution in [0, 0.1) is 0 Å². The lowest BCUT2D eigenvalue weighted by Gasteiger charge is -2.00. The van der Waals surface area contributed by atoms with Crippen LogP contribution < -0.4 is 10.9 Å². The van der Waals surface area contributed by atoms with Crippen molar-refractivity contribution < 1.29 is 14.7 Å². The Morgan fingerprint density at radius 1 is 1.24 bits per heavy atom. The van der Waals surface area contributed by atoms with Gasteiger partial charge in [0.1, 0.15) is 5.69 Å². The van der Waals surface area contributed by atoms with Crippen LogP contribution in [0.4, 0.5) is 4.79 Å². The van der Waals surface area contributed by atoms with Crippen molar-refractivity contribution in [3.05, 3.63) is 35.0 Å². The van der Waals surface area contributed by atoms with E-state index in [1.807, 2.05) is 5.43 Å². The molecule has 0 saturated carbocycles. The Hall–Kier alpha value is -2.21. The van der Waals surface area contributed by atoms with Gasteiger partial charge in [0.05, 0.1) is 0 Å². The zero-order valence-corrected chi connectivity index (χ0v) is 9.21. The maximum absolute atomic E-state index is 11.5. The first-order chi connectivity index (χ1) is 8.06. The molecule has 0 radical (unpaired) electrons. The number of hydrazine groups is 1. The lowest BCUT2D eigenvalue weighted by molar-refractivity contribution is 0.0922. The monoisotopic (exact) mass is 253 g/mol. The number of aromatic amines is 1. The number of nitrogens with one attached hydrogen (secondary N) is 3. The van der Waals surface area contributed by atoms with Crippen molar-refractivity contribution in [3.8, 4) is 0 Å². The number of rotatable bonds is 1. The van der Waals surface area contributed by atoms with Crippen LogP contribution in [0.15, 0.2) is 24.3 Å². The predicted molar refractivity (Wildman–Crippen MR) is 61.9 cm³/mol. The third-order valence-corrected chi connectivity index (χ3v) is 2.35. The third kappa shape index (κ3) is 2.48. The van der Waals surface area contributed by atoms with E-state index in [9.17, 15) is 9.59 Å². The smallest absolute Gasteiger partial charge is 0.423 e. The van der Waals surface area contributed by atoms with Crippen molar-refractivity contribution in [2.24, 2.45) is 0 Å². The van der Waals surface area contributed by atoms with Gasteiger partial charge in [0.25, 0.3) is 5.91 Å². The van der Waals surface area contributed by atoms with Gasteiger partial charge in [-0.1, -0.05) is 11.6 Å². The summed E-state index contributed by atoms with van der Waals surface area (Å²) in [6.07, 6.45) is -1.34. The molecule has 6 nitrogen and oxygen atoms in total. The van der Waals surface area contributed by atoms with Crippen LogP contribution in [0.3, 0.4) is 0 Å². The Balaban J connectivity index is 2.24. The quantitative estimate of drug-likeness (QED) is 0.583. The summed E-state index contributed by atoms with van der Waals surface area (Å²) in [5.74, 6) is -0.570. The lowest BCUT2D eigenvalue weighted by Crippen LogP contribution is -2.40. The fraction of sp³-hybridized carbons (Fsp3) is 0. The van der Waals surface area contributed by atoms with Crippen LogP contribution in [0.5, 0.6) is 0 Å². The van der Waals surface area contributed by atoms with Crippen molar-refractivity contribution in [3.63, 3.8) is 0 Å². The fourth-order valence-electron chi connectivity index (χ4n) is 1.40. The number of hydrogen-bond acceptors (Lipinski definition) is 2. The molecule has 1 aromatic carbocycles. The second-order valence-corrected chi connectivity index (χ2v) is 3.74. The van der Waals surface area contributed by atoms with E-state index in [2.05, 4.69) is 4.98 Å². The molecule has 0 fully saturated rings. The van der Waals surface area contributed by atoms with E-state index in [0.29, 0.717) is 5.02 Å². The van der Waals surface area contributed by atoms with E-state index in [0.717, 1.165) is 10.9 Å². The van der Waals surface area contributed by atoms with Gasteiger partial charge >= 0.3 is 6.09 Å². The zero-order valence-electron chi connectivity index (χ0n) is 8.45. The maximum atomic E-state index is 11.5. The highest BCUT2D eigenvalue weighted by atomic mass is 35.5. The molecule has 0 bridgehead atoms. The molecule has 4 N–H and O–H groups in total. The summed E-state index contributed by atoms with van der Waals surface area (Å²) < 4.78 is 0. The van der Waals surface area contributed by atoms with Gasteiger partial charge in [-0.05, 0) is 24.3 Å². The molecular formula is C10H8ClN3O3. The van der Waals surface area contributed by atoms with Crippen molar-refractivity contribution in [1.29, 1.82) is 0 Å². The molecule has 2 amide bonds. The molecule has 7 heteroatoms. The summed E-state index contributed by atoms with van der Waals surface area (Å²) in [5, 5.41) is 9.67. The third-order valence-electron chi connectivity index (χ3n) is 2.11. The SMILES string of the molecule is O=C(O)NNC(=O)c1cc2cc(Cl)ccc2[nH]1. The van der Waals surface area contributed by atoms with Gasteiger partial charge in [0.15, 0.2) is 0 Å². The summed E-state index contributed by atoms with van der Waals surface area (Å²) in [7, 11) is 0. The fourth-order valence-corrected chi connectivity index (χ4v) is 1.58. The summed E-state index contributed by atoms with van der Waals surface area (Å²) in [4.78, 5) is 24.5. The molecule has 88 valence electrons. The normalized spacial score (nSPS) is 10.2. The number of benzene rings is 1. The van der Waals surface area contributed by atoms with Crippen molar-refractivity contribution in [2.75, 3.05) is 0 Å². The van der Waals surface area contributed by atoms with E-state index in [1.54, 1.807) is 29.7 Å². The second kappa shape index (κ2) is 4.34. The van der Waals surface area contributed by atoms with Gasteiger partial charge < -0.3 is 10.1 Å². The number of fused-ring (bicyclic) bond motifs is 1. The molecule has 0 aliphatic rings. The van der Waals surface area contributed by atoms with Gasteiger partial charge in [-0.25, -0.2) is 10.2 Å². The van der Waals surface area contributed by atoms with E-state index in [1.165, 1.54) is 0 Å². The minimum absolute atomic E-state index is 0.246. The van der Waals surface area contributed by atoms with Crippen molar-refractivity contribution >= 4 is 34.5 Å². The molecule has 0 atom stereocenters. The maximum Gasteiger partial charge on any atom is 0.423 e. The molecule has 2 aromatic rings. The van der Waals surface area contributed by atoms with Crippen LogP contribution >= 0.6 is 11.6 Å². The molecule has 2 rings (SSSR count). The van der Waals surface area contributed by atoms with E-state index in [4.69, 9.17) is 16.7 Å². The highest BCUT2D eigenvalue weighted by Crippen LogP contribution is 2.19. The molecule has 0 unspecified atom stereocenters. The molecule has 0 saturated heterocycles. The number of halogens is 1. The van der Waals surface area contributed by atoms with Gasteiger partial charge in [0, 0.05) is 15.9 Å². The van der Waals surface area contributed by atoms with Crippen LogP contribution in [0.2, 0.25) is 5.02 Å². The summed E-state index contributed by atoms with van der Waals surface area (Å²) in [5.41, 5.74) is 4.78. The molecule has 0 spiro atoms. The molecule has 17 heavy (non-hydrogen) atoms. The first kappa shape index (κ1) is 11.3. The van der Waals surface area contributed by atoms with Gasteiger partial charge in [-0.15, -0.1) is 0 Å². The summed E-state index contributed by atoms with van der Waals surface area (Å²) in [6, 6.07) is 6.71. The first-order valence-electron chi connectivity index (χ1n) is 4.64. The van der Waals surface area contributed by atoms with Crippen LogP contribution in [-0.4, -0.2) is 22.1 Å². The number of aromatic nitrogens is 1. The van der Waals surface area contributed by atoms with Crippen molar-refractivity contribution in [1.82, 2.24) is 15.8 Å². The Kier molecular flexibility index (Phi) is 2.88. The van der Waals surface area contributed by atoms with Crippen LogP contribution in [-0.2, 0) is 0 Å². The van der Waals surface area contributed by atoms with E-state index < -0.39 is 12.0 Å². The largest absolute Gasteiger partial charge is 0.464 e. The number of H-pyrrole nitrogens is 1. The first-order valence-corrected chi connectivity index (χ1v) is 5.01. The second-order valence-electron chi connectivity index (χ2n) is 3.30. The molecular weight excluding hydrogens is 246 g/mol. The lowest BCUT2D eigenvalue weighted by atomic mass is 10.2. The van der Waals surface area contributed by atoms with Gasteiger partial charge in [-0.3, -0.25) is 10.2 Å². The minimum atomic E-state index is -1.34. The Morgan fingerprint density at radius 3 is 2.71 bits per heavy atom. The van der Waals surface area contributed by atoms with E-state index >= 15 is 0 Å². The number of amides is 2. The molecule has 1 aromatic heterocycles. The van der Waals surface area contributed by atoms with Gasteiger partial charge in [0.2, 0.25) is 0 Å². The minimum Gasteiger partial charge on any atom is -0.464 e. The molecule has 0 aliphatic carbocycles. The van der Waals surface area contributed by atoms with Crippen LogP contribution in [0.1, 0.15) is 10.5 Å². The number of hydrogen-bond donors (Lipinski definition) is 4. The topological polar surface area (TPSA) is 94.2 Å². The highest BCUT2D eigenvalue weighted by Gasteiger charge is 2.09. The average Bonchev–Trinajstić information content (AvgIpc) is 2.68. The molecule has 1 heterocycles. The number of carbonyl (C=O) groups is 2. The van der Waals surface area contributed by atoms with E-state index in [-0.39, 0.29) is 5.69 Å². The van der Waals surface area contributed by atoms with Crippen molar-refractivity contribution in [2.45, 2.75) is 0 Å². The summed E-state index contributed by atoms with van der Waals surface area (Å²) in [6.45, 7) is 0. The van der Waals surface area contributed by atoms with Gasteiger partial charge in [-0.2, -0.15) is 0 Å².